The summed E-state index contributed by atoms with van der Waals surface area (Å²) in [5.74, 6) is 0.0167. The van der Waals surface area contributed by atoms with E-state index in [0.717, 1.165) is 22.4 Å². The zero-order valence-electron chi connectivity index (χ0n) is 11.8. The molecule has 0 fully saturated rings. The van der Waals surface area contributed by atoms with E-state index in [-0.39, 0.29) is 6.42 Å². The van der Waals surface area contributed by atoms with Crippen molar-refractivity contribution in [3.8, 4) is 5.75 Å². The van der Waals surface area contributed by atoms with Crippen molar-refractivity contribution in [2.24, 2.45) is 0 Å². The van der Waals surface area contributed by atoms with Gasteiger partial charge in [-0.15, -0.1) is 0 Å². The lowest BCUT2D eigenvalue weighted by molar-refractivity contribution is -0.136. The SMILES string of the molecule is Cc1cc(CCC(=O)O)ccc1OCc1cccc(Cl)c1. The van der Waals surface area contributed by atoms with Gasteiger partial charge in [0, 0.05) is 11.4 Å². The Hall–Kier alpha value is -2.00. The number of halogens is 1. The van der Waals surface area contributed by atoms with E-state index in [4.69, 9.17) is 21.4 Å². The van der Waals surface area contributed by atoms with Gasteiger partial charge in [0.2, 0.25) is 0 Å². The Kier molecular flexibility index (Phi) is 5.23. The molecule has 2 aromatic carbocycles. The standard InChI is InChI=1S/C17H17ClO3/c1-12-9-13(6-8-17(19)20)5-7-16(12)21-11-14-3-2-4-15(18)10-14/h2-5,7,9-10H,6,8,11H2,1H3,(H,19,20). The molecule has 0 unspecified atom stereocenters. The van der Waals surface area contributed by atoms with Gasteiger partial charge in [0.15, 0.2) is 0 Å². The largest absolute Gasteiger partial charge is 0.489 e. The van der Waals surface area contributed by atoms with Crippen molar-refractivity contribution in [2.75, 3.05) is 0 Å². The van der Waals surface area contributed by atoms with Gasteiger partial charge in [-0.25, -0.2) is 0 Å². The fourth-order valence-electron chi connectivity index (χ4n) is 2.07. The summed E-state index contributed by atoms with van der Waals surface area (Å²) >= 11 is 5.94. The van der Waals surface area contributed by atoms with Crippen LogP contribution in [-0.4, -0.2) is 11.1 Å². The Bertz CT molecular complexity index is 638. The second kappa shape index (κ2) is 7.14. The molecule has 0 aliphatic heterocycles. The summed E-state index contributed by atoms with van der Waals surface area (Å²) in [7, 11) is 0. The van der Waals surface area contributed by atoms with Crippen LogP contribution in [0.5, 0.6) is 5.75 Å². The molecule has 2 aromatic rings. The van der Waals surface area contributed by atoms with Gasteiger partial charge >= 0.3 is 5.97 Å². The first-order chi connectivity index (χ1) is 10.0. The number of benzene rings is 2. The lowest BCUT2D eigenvalue weighted by atomic mass is 10.1. The number of aliphatic carboxylic acids is 1. The van der Waals surface area contributed by atoms with Gasteiger partial charge in [0.1, 0.15) is 12.4 Å². The summed E-state index contributed by atoms with van der Waals surface area (Å²) in [4.78, 5) is 10.6. The average molecular weight is 305 g/mol. The Labute approximate surface area is 129 Å². The summed E-state index contributed by atoms with van der Waals surface area (Å²) in [6.45, 7) is 2.41. The van der Waals surface area contributed by atoms with Crippen molar-refractivity contribution in [1.29, 1.82) is 0 Å². The number of carboxylic acids is 1. The molecule has 0 aliphatic carbocycles. The molecule has 4 heteroatoms. The van der Waals surface area contributed by atoms with E-state index in [9.17, 15) is 4.79 Å². The minimum absolute atomic E-state index is 0.141. The maximum Gasteiger partial charge on any atom is 0.303 e. The molecule has 0 heterocycles. The number of hydrogen-bond acceptors (Lipinski definition) is 2. The smallest absolute Gasteiger partial charge is 0.303 e. The lowest BCUT2D eigenvalue weighted by Gasteiger charge is -2.11. The van der Waals surface area contributed by atoms with E-state index in [1.165, 1.54) is 0 Å². The van der Waals surface area contributed by atoms with Gasteiger partial charge in [-0.05, 0) is 48.2 Å². The van der Waals surface area contributed by atoms with Crippen LogP contribution in [0.4, 0.5) is 0 Å². The van der Waals surface area contributed by atoms with E-state index >= 15 is 0 Å². The van der Waals surface area contributed by atoms with Crippen molar-refractivity contribution in [3.63, 3.8) is 0 Å². The molecule has 0 saturated carbocycles. The summed E-state index contributed by atoms with van der Waals surface area (Å²) in [5, 5.41) is 9.39. The number of ether oxygens (including phenoxy) is 1. The lowest BCUT2D eigenvalue weighted by Crippen LogP contribution is -2.00. The third-order valence-electron chi connectivity index (χ3n) is 3.15. The summed E-state index contributed by atoms with van der Waals surface area (Å²) < 4.78 is 5.78. The van der Waals surface area contributed by atoms with Gasteiger partial charge in [-0.3, -0.25) is 4.79 Å². The molecule has 1 N–H and O–H groups in total. The van der Waals surface area contributed by atoms with Crippen LogP contribution in [0.3, 0.4) is 0 Å². The topological polar surface area (TPSA) is 46.5 Å². The molecule has 0 aromatic heterocycles. The van der Waals surface area contributed by atoms with Crippen molar-refractivity contribution >= 4 is 17.6 Å². The highest BCUT2D eigenvalue weighted by atomic mass is 35.5. The van der Waals surface area contributed by atoms with Crippen LogP contribution >= 0.6 is 11.6 Å². The van der Waals surface area contributed by atoms with Gasteiger partial charge in [-0.1, -0.05) is 35.9 Å². The second-order valence-corrected chi connectivity index (χ2v) is 5.35. The highest BCUT2D eigenvalue weighted by Crippen LogP contribution is 2.21. The molecule has 110 valence electrons. The van der Waals surface area contributed by atoms with Gasteiger partial charge in [0.05, 0.1) is 0 Å². The fraction of sp³-hybridized carbons (Fsp3) is 0.235. The molecule has 0 bridgehead atoms. The number of carbonyl (C=O) groups is 1. The Morgan fingerprint density at radius 2 is 2.00 bits per heavy atom. The van der Waals surface area contributed by atoms with Crippen molar-refractivity contribution in [1.82, 2.24) is 0 Å². The molecule has 0 radical (unpaired) electrons. The summed E-state index contributed by atoms with van der Waals surface area (Å²) in [5.41, 5.74) is 3.02. The first-order valence-electron chi connectivity index (χ1n) is 6.73. The predicted octanol–water partition coefficient (Wildman–Crippen LogP) is 4.24. The minimum atomic E-state index is -0.783. The van der Waals surface area contributed by atoms with Gasteiger partial charge in [-0.2, -0.15) is 0 Å². The van der Waals surface area contributed by atoms with Gasteiger partial charge < -0.3 is 9.84 Å². The zero-order valence-corrected chi connectivity index (χ0v) is 12.6. The van der Waals surface area contributed by atoms with Crippen molar-refractivity contribution in [3.05, 3.63) is 64.2 Å². The van der Waals surface area contributed by atoms with Crippen LogP contribution < -0.4 is 4.74 Å². The molecule has 0 aliphatic rings. The molecular weight excluding hydrogens is 288 g/mol. The molecule has 0 saturated heterocycles. The van der Waals surface area contributed by atoms with E-state index in [2.05, 4.69) is 0 Å². The Balaban J connectivity index is 1.99. The Morgan fingerprint density at radius 1 is 1.19 bits per heavy atom. The summed E-state index contributed by atoms with van der Waals surface area (Å²) in [6.07, 6.45) is 0.674. The fourth-order valence-corrected chi connectivity index (χ4v) is 2.28. The predicted molar refractivity (Wildman–Crippen MR) is 82.9 cm³/mol. The summed E-state index contributed by atoms with van der Waals surface area (Å²) in [6, 6.07) is 13.3. The van der Waals surface area contributed by atoms with Crippen LogP contribution in [0.2, 0.25) is 5.02 Å². The van der Waals surface area contributed by atoms with Crippen LogP contribution in [0.25, 0.3) is 0 Å². The molecule has 21 heavy (non-hydrogen) atoms. The maximum atomic E-state index is 10.6. The van der Waals surface area contributed by atoms with Crippen molar-refractivity contribution < 1.29 is 14.6 Å². The van der Waals surface area contributed by atoms with Crippen molar-refractivity contribution in [2.45, 2.75) is 26.4 Å². The van der Waals surface area contributed by atoms with Gasteiger partial charge in [0.25, 0.3) is 0 Å². The van der Waals surface area contributed by atoms with Crippen LogP contribution in [0.15, 0.2) is 42.5 Å². The highest BCUT2D eigenvalue weighted by Gasteiger charge is 2.04. The quantitative estimate of drug-likeness (QED) is 0.868. The number of rotatable bonds is 6. The normalized spacial score (nSPS) is 10.4. The highest BCUT2D eigenvalue weighted by molar-refractivity contribution is 6.30. The molecule has 0 amide bonds. The maximum absolute atomic E-state index is 10.6. The van der Waals surface area contributed by atoms with E-state index in [1.54, 1.807) is 0 Å². The van der Waals surface area contributed by atoms with E-state index in [1.807, 2.05) is 49.4 Å². The molecule has 0 spiro atoms. The van der Waals surface area contributed by atoms with Crippen LogP contribution in [0.1, 0.15) is 23.1 Å². The molecule has 3 nitrogen and oxygen atoms in total. The number of hydrogen-bond donors (Lipinski definition) is 1. The zero-order chi connectivity index (χ0) is 15.2. The van der Waals surface area contributed by atoms with E-state index in [0.29, 0.717) is 18.1 Å². The van der Waals surface area contributed by atoms with E-state index < -0.39 is 5.97 Å². The van der Waals surface area contributed by atoms with Crippen LogP contribution in [0, 0.1) is 6.92 Å². The first kappa shape index (κ1) is 15.4. The first-order valence-corrected chi connectivity index (χ1v) is 7.11. The third kappa shape index (κ3) is 4.80. The third-order valence-corrected chi connectivity index (χ3v) is 3.39. The monoisotopic (exact) mass is 304 g/mol. The average Bonchev–Trinajstić information content (AvgIpc) is 2.44. The molecule has 2 rings (SSSR count). The molecule has 0 atom stereocenters. The number of aryl methyl sites for hydroxylation is 2. The minimum Gasteiger partial charge on any atom is -0.489 e. The molecular formula is C17H17ClO3. The second-order valence-electron chi connectivity index (χ2n) is 4.91. The van der Waals surface area contributed by atoms with Crippen LogP contribution in [-0.2, 0) is 17.8 Å². The Morgan fingerprint density at radius 3 is 2.67 bits per heavy atom. The number of carboxylic acid groups (broad SMARTS) is 1.